The predicted molar refractivity (Wildman–Crippen MR) is 138 cm³/mol. The number of rotatable bonds is 7. The molecule has 198 valence electrons. The number of nitrogens with one attached hydrogen (secondary N) is 1. The van der Waals surface area contributed by atoms with Gasteiger partial charge in [0.2, 0.25) is 5.91 Å². The zero-order valence-electron chi connectivity index (χ0n) is 20.4. The van der Waals surface area contributed by atoms with E-state index in [1.165, 1.54) is 19.2 Å². The molecule has 8 nitrogen and oxygen atoms in total. The van der Waals surface area contributed by atoms with E-state index in [0.717, 1.165) is 17.7 Å². The van der Waals surface area contributed by atoms with Crippen molar-refractivity contribution in [1.29, 1.82) is 0 Å². The lowest BCUT2D eigenvalue weighted by Gasteiger charge is -2.32. The molecule has 4 rings (SSSR count). The van der Waals surface area contributed by atoms with Crippen LogP contribution in [0.1, 0.15) is 40.2 Å². The van der Waals surface area contributed by atoms with E-state index in [9.17, 15) is 28.5 Å². The fraction of sp³-hybridized carbons (Fsp3) is 0.259. The Bertz CT molecular complexity index is 1380. The van der Waals surface area contributed by atoms with E-state index in [0.29, 0.717) is 42.9 Å². The van der Waals surface area contributed by atoms with Gasteiger partial charge in [0.25, 0.3) is 11.6 Å². The lowest BCUT2D eigenvalue weighted by molar-refractivity contribution is -0.385. The smallest absolute Gasteiger partial charge is 0.276 e. The van der Waals surface area contributed by atoms with Crippen molar-refractivity contribution >= 4 is 34.8 Å². The van der Waals surface area contributed by atoms with Gasteiger partial charge in [-0.05, 0) is 60.7 Å². The van der Waals surface area contributed by atoms with Crippen molar-refractivity contribution in [3.05, 3.63) is 98.1 Å². The van der Waals surface area contributed by atoms with Gasteiger partial charge in [0.15, 0.2) is 5.82 Å². The van der Waals surface area contributed by atoms with E-state index >= 15 is 0 Å². The number of ether oxygens (including phenoxy) is 1. The van der Waals surface area contributed by atoms with Crippen molar-refractivity contribution in [1.82, 2.24) is 4.90 Å². The van der Waals surface area contributed by atoms with Crippen molar-refractivity contribution in [2.24, 2.45) is 0 Å². The Labute approximate surface area is 222 Å². The summed E-state index contributed by atoms with van der Waals surface area (Å²) in [5.41, 5.74) is 0.796. The highest BCUT2D eigenvalue weighted by atomic mass is 35.5. The summed E-state index contributed by atoms with van der Waals surface area (Å²) in [5.74, 6) is -2.74. The Hall–Kier alpha value is -4.05. The topological polar surface area (TPSA) is 102 Å². The molecule has 1 N–H and O–H groups in total. The standard InChI is InChI=1S/C27H24ClF2N3O5/c1-38-20-7-4-18(23(15-20)33(36)37)14-24(34)32-12-10-17(11-13-32)16-2-5-19(6-3-16)31-27(35)25-22(29)9-8-21(28)26(25)30/h2-9,15,17H,10-14H2,1H3,(H,31,35). The number of likely N-dealkylation sites (tertiary alicyclic amines) is 1. The van der Waals surface area contributed by atoms with Crippen LogP contribution in [0, 0.1) is 21.7 Å². The second-order valence-electron chi connectivity index (χ2n) is 8.88. The third kappa shape index (κ3) is 5.91. The van der Waals surface area contributed by atoms with Crippen LogP contribution in [-0.2, 0) is 11.2 Å². The highest BCUT2D eigenvalue weighted by Gasteiger charge is 2.26. The average Bonchev–Trinajstić information content (AvgIpc) is 2.91. The molecule has 11 heteroatoms. The number of piperidine rings is 1. The first-order valence-electron chi connectivity index (χ1n) is 11.8. The van der Waals surface area contributed by atoms with Gasteiger partial charge >= 0.3 is 0 Å². The molecule has 0 spiro atoms. The van der Waals surface area contributed by atoms with Crippen molar-refractivity contribution in [3.63, 3.8) is 0 Å². The monoisotopic (exact) mass is 543 g/mol. The van der Waals surface area contributed by atoms with Crippen molar-refractivity contribution < 1.29 is 28.0 Å². The summed E-state index contributed by atoms with van der Waals surface area (Å²) in [5, 5.41) is 13.5. The maximum atomic E-state index is 14.1. The molecule has 0 aromatic heterocycles. The lowest BCUT2D eigenvalue weighted by Crippen LogP contribution is -2.38. The first-order valence-corrected chi connectivity index (χ1v) is 12.2. The largest absolute Gasteiger partial charge is 0.497 e. The second kappa shape index (κ2) is 11.6. The molecule has 0 atom stereocenters. The summed E-state index contributed by atoms with van der Waals surface area (Å²) >= 11 is 5.66. The van der Waals surface area contributed by atoms with Crippen molar-refractivity contribution in [2.75, 3.05) is 25.5 Å². The summed E-state index contributed by atoms with van der Waals surface area (Å²) in [6.45, 7) is 0.999. The molecule has 0 saturated carbocycles. The summed E-state index contributed by atoms with van der Waals surface area (Å²) in [6.07, 6.45) is 1.31. The van der Waals surface area contributed by atoms with Gasteiger partial charge in [0.1, 0.15) is 17.1 Å². The van der Waals surface area contributed by atoms with Crippen LogP contribution in [0.3, 0.4) is 0 Å². The average molecular weight is 544 g/mol. The van der Waals surface area contributed by atoms with E-state index < -0.39 is 28.0 Å². The van der Waals surface area contributed by atoms with E-state index in [1.54, 1.807) is 23.1 Å². The van der Waals surface area contributed by atoms with E-state index in [4.69, 9.17) is 16.3 Å². The number of nitro groups is 1. The zero-order chi connectivity index (χ0) is 27.4. The molecule has 0 bridgehead atoms. The minimum atomic E-state index is -1.12. The number of nitrogens with zero attached hydrogens (tertiary/aromatic N) is 2. The van der Waals surface area contributed by atoms with Gasteiger partial charge in [0, 0.05) is 24.3 Å². The molecular formula is C27H24ClF2N3O5. The molecule has 38 heavy (non-hydrogen) atoms. The maximum absolute atomic E-state index is 14.1. The molecule has 3 aromatic carbocycles. The Morgan fingerprint density at radius 3 is 2.42 bits per heavy atom. The zero-order valence-corrected chi connectivity index (χ0v) is 21.1. The van der Waals surface area contributed by atoms with Gasteiger partial charge < -0.3 is 15.0 Å². The molecular weight excluding hydrogens is 520 g/mol. The van der Waals surface area contributed by atoms with Gasteiger partial charge in [-0.25, -0.2) is 8.78 Å². The summed E-state index contributed by atoms with van der Waals surface area (Å²) in [6, 6.07) is 13.3. The summed E-state index contributed by atoms with van der Waals surface area (Å²) in [4.78, 5) is 37.8. The maximum Gasteiger partial charge on any atom is 0.276 e. The van der Waals surface area contributed by atoms with Crippen molar-refractivity contribution in [2.45, 2.75) is 25.2 Å². The molecule has 0 radical (unpaired) electrons. The van der Waals surface area contributed by atoms with Gasteiger partial charge in [-0.1, -0.05) is 23.7 Å². The molecule has 1 aliphatic heterocycles. The van der Waals surface area contributed by atoms with Crippen molar-refractivity contribution in [3.8, 4) is 5.75 Å². The first kappa shape index (κ1) is 27.0. The number of hydrogen-bond donors (Lipinski definition) is 1. The van der Waals surface area contributed by atoms with Crippen LogP contribution in [-0.4, -0.2) is 41.8 Å². The van der Waals surface area contributed by atoms with Crippen LogP contribution in [0.25, 0.3) is 0 Å². The van der Waals surface area contributed by atoms with Crippen LogP contribution in [0.15, 0.2) is 54.6 Å². The molecule has 0 aliphatic carbocycles. The normalized spacial score (nSPS) is 13.7. The minimum Gasteiger partial charge on any atom is -0.497 e. The molecule has 1 heterocycles. The van der Waals surface area contributed by atoms with Crippen LogP contribution in [0.5, 0.6) is 5.75 Å². The molecule has 1 aliphatic rings. The van der Waals surface area contributed by atoms with Gasteiger partial charge in [-0.2, -0.15) is 0 Å². The van der Waals surface area contributed by atoms with Crippen LogP contribution in [0.2, 0.25) is 5.02 Å². The van der Waals surface area contributed by atoms with E-state index in [1.807, 2.05) is 12.1 Å². The molecule has 3 aromatic rings. The van der Waals surface area contributed by atoms with E-state index in [2.05, 4.69) is 5.32 Å². The second-order valence-corrected chi connectivity index (χ2v) is 9.29. The quantitative estimate of drug-likeness (QED) is 0.233. The van der Waals surface area contributed by atoms with Gasteiger partial charge in [0.05, 0.1) is 29.5 Å². The summed E-state index contributed by atoms with van der Waals surface area (Å²) < 4.78 is 33.1. The molecule has 1 saturated heterocycles. The Morgan fingerprint density at radius 2 is 1.79 bits per heavy atom. The number of carbonyl (C=O) groups is 2. The molecule has 1 fully saturated rings. The van der Waals surface area contributed by atoms with E-state index in [-0.39, 0.29) is 29.0 Å². The summed E-state index contributed by atoms with van der Waals surface area (Å²) in [7, 11) is 1.42. The highest BCUT2D eigenvalue weighted by Crippen LogP contribution is 2.31. The van der Waals surface area contributed by atoms with Crippen LogP contribution < -0.4 is 10.1 Å². The Kier molecular flexibility index (Phi) is 8.21. The number of hydrogen-bond acceptors (Lipinski definition) is 5. The molecule has 2 amide bonds. The van der Waals surface area contributed by atoms with Crippen LogP contribution in [0.4, 0.5) is 20.2 Å². The number of anilines is 1. The Morgan fingerprint density at radius 1 is 1.11 bits per heavy atom. The minimum absolute atomic E-state index is 0.0762. The number of carbonyl (C=O) groups excluding carboxylic acids is 2. The number of amides is 2. The first-order chi connectivity index (χ1) is 18.2. The third-order valence-electron chi connectivity index (χ3n) is 6.59. The fourth-order valence-electron chi connectivity index (χ4n) is 4.49. The van der Waals surface area contributed by atoms with Crippen LogP contribution >= 0.6 is 11.6 Å². The Balaban J connectivity index is 1.34. The highest BCUT2D eigenvalue weighted by molar-refractivity contribution is 6.31. The number of methoxy groups -OCH3 is 1. The van der Waals surface area contributed by atoms with Gasteiger partial charge in [-0.15, -0.1) is 0 Å². The number of nitro benzene ring substituents is 1. The van der Waals surface area contributed by atoms with Gasteiger partial charge in [-0.3, -0.25) is 19.7 Å². The predicted octanol–water partition coefficient (Wildman–Crippen LogP) is 5.74. The number of benzene rings is 3. The third-order valence-corrected chi connectivity index (χ3v) is 6.88. The number of halogens is 3. The molecule has 0 unspecified atom stereocenters. The fourth-order valence-corrected chi connectivity index (χ4v) is 4.65. The lowest BCUT2D eigenvalue weighted by atomic mass is 9.89. The SMILES string of the molecule is COc1ccc(CC(=O)N2CCC(c3ccc(NC(=O)c4c(F)ccc(Cl)c4F)cc3)CC2)c([N+](=O)[O-])c1.